The number of fused-ring (bicyclic) bond motifs is 1. The maximum atomic E-state index is 12.0. The van der Waals surface area contributed by atoms with Crippen molar-refractivity contribution >= 4 is 5.78 Å². The lowest BCUT2D eigenvalue weighted by molar-refractivity contribution is 0.0947. The summed E-state index contributed by atoms with van der Waals surface area (Å²) in [5, 5.41) is 0. The van der Waals surface area contributed by atoms with Gasteiger partial charge < -0.3 is 10.7 Å². The molecule has 0 saturated heterocycles. The number of aromatic nitrogens is 1. The van der Waals surface area contributed by atoms with Crippen molar-refractivity contribution in [2.45, 2.75) is 38.0 Å². The number of nitrogens with two attached hydrogens (primary N) is 1. The maximum absolute atomic E-state index is 12.0. The van der Waals surface area contributed by atoms with E-state index in [1.54, 1.807) is 0 Å². The monoisotopic (exact) mass is 218 g/mol. The van der Waals surface area contributed by atoms with Crippen LogP contribution in [0.3, 0.4) is 0 Å². The van der Waals surface area contributed by atoms with E-state index in [0.29, 0.717) is 30.6 Å². The fourth-order valence-corrected chi connectivity index (χ4v) is 2.72. The highest BCUT2D eigenvalue weighted by Crippen LogP contribution is 2.41. The van der Waals surface area contributed by atoms with Gasteiger partial charge in [-0.05, 0) is 50.1 Å². The Morgan fingerprint density at radius 3 is 2.88 bits per heavy atom. The predicted molar refractivity (Wildman–Crippen MR) is 62.6 cm³/mol. The quantitative estimate of drug-likeness (QED) is 0.815. The number of hydrogen-bond donors (Lipinski definition) is 2. The maximum Gasteiger partial charge on any atom is 0.164 e. The van der Waals surface area contributed by atoms with E-state index in [-0.39, 0.29) is 0 Å². The van der Waals surface area contributed by atoms with Gasteiger partial charge in [-0.1, -0.05) is 0 Å². The minimum Gasteiger partial charge on any atom is -0.361 e. The summed E-state index contributed by atoms with van der Waals surface area (Å²) in [5.74, 6) is 1.46. The summed E-state index contributed by atoms with van der Waals surface area (Å²) in [6.45, 7) is 0.684. The van der Waals surface area contributed by atoms with Crippen LogP contribution in [0.25, 0.3) is 0 Å². The predicted octanol–water partition coefficient (Wildman–Crippen LogP) is 1.99. The normalized spacial score (nSPS) is 24.6. The first-order valence-corrected chi connectivity index (χ1v) is 6.23. The van der Waals surface area contributed by atoms with Crippen molar-refractivity contribution in [2.24, 2.45) is 11.7 Å². The van der Waals surface area contributed by atoms with Crippen LogP contribution < -0.4 is 5.73 Å². The average molecular weight is 218 g/mol. The average Bonchev–Trinajstić information content (AvgIpc) is 3.00. The first kappa shape index (κ1) is 10.1. The van der Waals surface area contributed by atoms with Gasteiger partial charge in [-0.15, -0.1) is 0 Å². The molecule has 86 valence electrons. The number of H-pyrrole nitrogens is 1. The molecule has 3 heteroatoms. The third-order valence-electron chi connectivity index (χ3n) is 3.78. The van der Waals surface area contributed by atoms with Crippen LogP contribution in [-0.4, -0.2) is 17.3 Å². The number of carbonyl (C=O) groups is 1. The third-order valence-corrected chi connectivity index (χ3v) is 3.78. The van der Waals surface area contributed by atoms with Gasteiger partial charge >= 0.3 is 0 Å². The number of Topliss-reactive ketones (excluding diaryl/α,β-unsaturated/α-hetero) is 1. The molecule has 0 spiro atoms. The molecule has 1 atom stereocenters. The molecule has 0 aliphatic heterocycles. The molecule has 2 aliphatic rings. The van der Waals surface area contributed by atoms with Crippen molar-refractivity contribution in [1.82, 2.24) is 4.98 Å². The molecule has 2 aliphatic carbocycles. The minimum absolute atomic E-state index is 0.308. The van der Waals surface area contributed by atoms with Gasteiger partial charge in [0.2, 0.25) is 0 Å². The molecule has 1 heterocycles. The lowest BCUT2D eigenvalue weighted by atomic mass is 9.85. The fraction of sp³-hybridized carbons (Fsp3) is 0.615. The second-order valence-electron chi connectivity index (χ2n) is 5.17. The topological polar surface area (TPSA) is 58.9 Å². The summed E-state index contributed by atoms with van der Waals surface area (Å²) >= 11 is 0. The minimum atomic E-state index is 0.308. The Bertz CT molecular complexity index is 418. The zero-order valence-electron chi connectivity index (χ0n) is 9.46. The molecule has 3 rings (SSSR count). The molecule has 0 aromatic carbocycles. The molecule has 1 aromatic heterocycles. The summed E-state index contributed by atoms with van der Waals surface area (Å²) < 4.78 is 0. The molecule has 0 amide bonds. The second kappa shape index (κ2) is 3.74. The molecule has 3 N–H and O–H groups in total. The largest absolute Gasteiger partial charge is 0.361 e. The zero-order chi connectivity index (χ0) is 11.1. The molecule has 3 nitrogen and oxygen atoms in total. The van der Waals surface area contributed by atoms with Crippen LogP contribution in [0.2, 0.25) is 0 Å². The summed E-state index contributed by atoms with van der Waals surface area (Å²) in [4.78, 5) is 15.4. The number of aromatic amines is 1. The molecule has 1 fully saturated rings. The molecule has 1 unspecified atom stereocenters. The van der Waals surface area contributed by atoms with E-state index >= 15 is 0 Å². The van der Waals surface area contributed by atoms with Crippen LogP contribution in [0.5, 0.6) is 0 Å². The molecule has 1 aromatic rings. The summed E-state index contributed by atoms with van der Waals surface area (Å²) in [6.07, 6.45) is 5.21. The highest BCUT2D eigenvalue weighted by atomic mass is 16.1. The standard InChI is InChI=1S/C13H18N2O/c14-4-3-8-5-12-10(13(16)6-8)7-11(15-12)9-1-2-9/h7-9,15H,1-6,14H2. The van der Waals surface area contributed by atoms with Crippen molar-refractivity contribution in [1.29, 1.82) is 0 Å². The lowest BCUT2D eigenvalue weighted by Gasteiger charge is -2.20. The van der Waals surface area contributed by atoms with Gasteiger partial charge in [0.1, 0.15) is 0 Å². The molecule has 16 heavy (non-hydrogen) atoms. The van der Waals surface area contributed by atoms with Crippen molar-refractivity contribution in [2.75, 3.05) is 6.54 Å². The van der Waals surface area contributed by atoms with Gasteiger partial charge in [-0.25, -0.2) is 0 Å². The number of ketones is 1. The van der Waals surface area contributed by atoms with E-state index < -0.39 is 0 Å². The lowest BCUT2D eigenvalue weighted by Crippen LogP contribution is -2.21. The Kier molecular flexibility index (Phi) is 2.36. The highest BCUT2D eigenvalue weighted by molar-refractivity contribution is 5.98. The van der Waals surface area contributed by atoms with E-state index in [0.717, 1.165) is 24.1 Å². The molecule has 0 radical (unpaired) electrons. The summed E-state index contributed by atoms with van der Waals surface area (Å²) in [6, 6.07) is 2.09. The summed E-state index contributed by atoms with van der Waals surface area (Å²) in [7, 11) is 0. The number of nitrogens with one attached hydrogen (secondary N) is 1. The molecular formula is C13H18N2O. The van der Waals surface area contributed by atoms with E-state index in [1.165, 1.54) is 18.5 Å². The number of rotatable bonds is 3. The van der Waals surface area contributed by atoms with E-state index in [1.807, 2.05) is 0 Å². The third kappa shape index (κ3) is 1.69. The Balaban J connectivity index is 1.86. The van der Waals surface area contributed by atoms with Crippen LogP contribution in [0.4, 0.5) is 0 Å². The summed E-state index contributed by atoms with van der Waals surface area (Å²) in [5.41, 5.74) is 8.97. The smallest absolute Gasteiger partial charge is 0.164 e. The molecular weight excluding hydrogens is 200 g/mol. The van der Waals surface area contributed by atoms with Crippen LogP contribution >= 0.6 is 0 Å². The molecule has 0 bridgehead atoms. The first-order valence-electron chi connectivity index (χ1n) is 6.23. The number of hydrogen-bond acceptors (Lipinski definition) is 2. The van der Waals surface area contributed by atoms with Gasteiger partial charge in [0, 0.05) is 23.4 Å². The van der Waals surface area contributed by atoms with Gasteiger partial charge in [0.25, 0.3) is 0 Å². The van der Waals surface area contributed by atoms with E-state index in [2.05, 4.69) is 11.1 Å². The van der Waals surface area contributed by atoms with E-state index in [9.17, 15) is 4.79 Å². The Morgan fingerprint density at radius 1 is 1.38 bits per heavy atom. The van der Waals surface area contributed by atoms with E-state index in [4.69, 9.17) is 5.73 Å². The van der Waals surface area contributed by atoms with Crippen LogP contribution in [-0.2, 0) is 6.42 Å². The SMILES string of the molecule is NCCC1CC(=O)c2cc(C3CC3)[nH]c2C1. The van der Waals surface area contributed by atoms with Crippen molar-refractivity contribution in [3.05, 3.63) is 23.0 Å². The van der Waals surface area contributed by atoms with Crippen molar-refractivity contribution in [3.8, 4) is 0 Å². The van der Waals surface area contributed by atoms with Crippen molar-refractivity contribution in [3.63, 3.8) is 0 Å². The van der Waals surface area contributed by atoms with Gasteiger partial charge in [-0.3, -0.25) is 4.79 Å². The van der Waals surface area contributed by atoms with Gasteiger partial charge in [0.15, 0.2) is 5.78 Å². The first-order chi connectivity index (χ1) is 7.78. The Hall–Kier alpha value is -1.09. The zero-order valence-corrected chi connectivity index (χ0v) is 9.46. The van der Waals surface area contributed by atoms with Crippen molar-refractivity contribution < 1.29 is 4.79 Å². The van der Waals surface area contributed by atoms with Crippen LogP contribution in [0, 0.1) is 5.92 Å². The fourth-order valence-electron chi connectivity index (χ4n) is 2.72. The molecule has 1 saturated carbocycles. The van der Waals surface area contributed by atoms with Gasteiger partial charge in [0.05, 0.1) is 0 Å². The van der Waals surface area contributed by atoms with Crippen LogP contribution in [0.15, 0.2) is 6.07 Å². The second-order valence-corrected chi connectivity index (χ2v) is 5.17. The Labute approximate surface area is 95.4 Å². The number of carbonyl (C=O) groups excluding carboxylic acids is 1. The van der Waals surface area contributed by atoms with Crippen LogP contribution in [0.1, 0.15) is 53.3 Å². The van der Waals surface area contributed by atoms with Gasteiger partial charge in [-0.2, -0.15) is 0 Å². The highest BCUT2D eigenvalue weighted by Gasteiger charge is 2.31. The Morgan fingerprint density at radius 2 is 2.19 bits per heavy atom.